The largest absolute Gasteiger partial charge is 0.329 e. The average molecular weight is 358 g/mol. The van der Waals surface area contributed by atoms with Crippen LogP contribution < -0.4 is 15.5 Å². The molecule has 1 aliphatic heterocycles. The molecule has 0 aliphatic carbocycles. The number of nitrogens with one attached hydrogen (secondary N) is 2. The highest BCUT2D eigenvalue weighted by atomic mass is 32.1. The predicted octanol–water partition coefficient (Wildman–Crippen LogP) is 2.72. The maximum atomic E-state index is 12.4. The number of hydrogen-bond donors (Lipinski definition) is 2. The van der Waals surface area contributed by atoms with Crippen LogP contribution in [0, 0.1) is 0 Å². The second-order valence-electron chi connectivity index (χ2n) is 6.00. The van der Waals surface area contributed by atoms with Gasteiger partial charge in [-0.15, -0.1) is 11.3 Å². The van der Waals surface area contributed by atoms with Crippen molar-refractivity contribution in [2.24, 2.45) is 0 Å². The first kappa shape index (κ1) is 17.1. The Morgan fingerprint density at radius 3 is 2.68 bits per heavy atom. The van der Waals surface area contributed by atoms with Gasteiger partial charge in [-0.1, -0.05) is 32.0 Å². The van der Waals surface area contributed by atoms with Crippen LogP contribution in [-0.4, -0.2) is 28.9 Å². The van der Waals surface area contributed by atoms with Crippen molar-refractivity contribution in [3.63, 3.8) is 0 Å². The van der Waals surface area contributed by atoms with Gasteiger partial charge < -0.3 is 10.6 Å². The van der Waals surface area contributed by atoms with Gasteiger partial charge in [0.2, 0.25) is 5.91 Å². The number of anilines is 2. The highest BCUT2D eigenvalue weighted by molar-refractivity contribution is 7.13. The van der Waals surface area contributed by atoms with Crippen LogP contribution in [0.4, 0.5) is 15.6 Å². The standard InChI is InChI=1S/C17H18N4O3S/c1-10(2)13-9-25-16(18-13)20-14(22)8-12-15(23)21(17(24)19-12)11-6-4-3-5-7-11/h3-7,9-10,12H,8H2,1-2H3,(H,19,24)(H,18,20,22). The summed E-state index contributed by atoms with van der Waals surface area (Å²) in [5.41, 5.74) is 1.38. The fourth-order valence-electron chi connectivity index (χ4n) is 2.46. The molecular formula is C17H18N4O3S. The van der Waals surface area contributed by atoms with Gasteiger partial charge in [0.1, 0.15) is 6.04 Å². The van der Waals surface area contributed by atoms with E-state index >= 15 is 0 Å². The second-order valence-corrected chi connectivity index (χ2v) is 6.85. The minimum atomic E-state index is -0.878. The molecule has 1 atom stereocenters. The third-order valence-corrected chi connectivity index (χ3v) is 4.56. The number of carbonyl (C=O) groups excluding carboxylic acids is 3. The summed E-state index contributed by atoms with van der Waals surface area (Å²) in [7, 11) is 0. The summed E-state index contributed by atoms with van der Waals surface area (Å²) >= 11 is 1.34. The highest BCUT2D eigenvalue weighted by Gasteiger charge is 2.40. The molecule has 0 spiro atoms. The zero-order valence-corrected chi connectivity index (χ0v) is 14.7. The number of amides is 4. The van der Waals surface area contributed by atoms with E-state index in [0.29, 0.717) is 10.8 Å². The number of thiazole rings is 1. The lowest BCUT2D eigenvalue weighted by Gasteiger charge is -2.12. The van der Waals surface area contributed by atoms with E-state index in [2.05, 4.69) is 15.6 Å². The monoisotopic (exact) mass is 358 g/mol. The molecule has 1 aromatic heterocycles. The van der Waals surface area contributed by atoms with Gasteiger partial charge >= 0.3 is 6.03 Å². The number of nitrogens with zero attached hydrogens (tertiary/aromatic N) is 2. The van der Waals surface area contributed by atoms with E-state index in [1.54, 1.807) is 30.3 Å². The molecule has 25 heavy (non-hydrogen) atoms. The van der Waals surface area contributed by atoms with E-state index < -0.39 is 18.0 Å². The molecule has 3 rings (SSSR count). The summed E-state index contributed by atoms with van der Waals surface area (Å²) < 4.78 is 0. The van der Waals surface area contributed by atoms with Gasteiger partial charge in [0.15, 0.2) is 5.13 Å². The van der Waals surface area contributed by atoms with Crippen LogP contribution in [0.3, 0.4) is 0 Å². The number of carbonyl (C=O) groups is 3. The summed E-state index contributed by atoms with van der Waals surface area (Å²) in [5, 5.41) is 7.61. The van der Waals surface area contributed by atoms with Crippen LogP contribution in [0.5, 0.6) is 0 Å². The van der Waals surface area contributed by atoms with Gasteiger partial charge in [-0.05, 0) is 18.1 Å². The Kier molecular flexibility index (Phi) is 4.80. The van der Waals surface area contributed by atoms with Gasteiger partial charge in [-0.25, -0.2) is 14.7 Å². The number of benzene rings is 1. The number of para-hydroxylation sites is 1. The smallest absolute Gasteiger partial charge is 0.325 e. The van der Waals surface area contributed by atoms with Crippen molar-refractivity contribution in [1.82, 2.24) is 10.3 Å². The Hall–Kier alpha value is -2.74. The lowest BCUT2D eigenvalue weighted by Crippen LogP contribution is -2.34. The molecule has 4 amide bonds. The normalized spacial score (nSPS) is 17.1. The predicted molar refractivity (Wildman–Crippen MR) is 95.7 cm³/mol. The van der Waals surface area contributed by atoms with E-state index in [9.17, 15) is 14.4 Å². The molecule has 8 heteroatoms. The lowest BCUT2D eigenvalue weighted by atomic mass is 10.2. The van der Waals surface area contributed by atoms with Gasteiger partial charge in [-0.2, -0.15) is 0 Å². The van der Waals surface area contributed by atoms with Crippen molar-refractivity contribution in [2.45, 2.75) is 32.2 Å². The number of urea groups is 1. The van der Waals surface area contributed by atoms with Crippen molar-refractivity contribution in [2.75, 3.05) is 10.2 Å². The number of rotatable bonds is 5. The van der Waals surface area contributed by atoms with E-state index in [1.807, 2.05) is 19.2 Å². The fraction of sp³-hybridized carbons (Fsp3) is 0.294. The third kappa shape index (κ3) is 3.69. The summed E-state index contributed by atoms with van der Waals surface area (Å²) in [4.78, 5) is 42.1. The van der Waals surface area contributed by atoms with Gasteiger partial charge in [-0.3, -0.25) is 9.59 Å². The van der Waals surface area contributed by atoms with Crippen molar-refractivity contribution in [3.05, 3.63) is 41.4 Å². The molecule has 1 fully saturated rings. The Morgan fingerprint density at radius 1 is 1.32 bits per heavy atom. The molecule has 1 unspecified atom stereocenters. The highest BCUT2D eigenvalue weighted by Crippen LogP contribution is 2.23. The van der Waals surface area contributed by atoms with E-state index in [0.717, 1.165) is 10.6 Å². The molecule has 1 aromatic carbocycles. The molecule has 2 N–H and O–H groups in total. The molecule has 2 heterocycles. The maximum Gasteiger partial charge on any atom is 0.329 e. The number of hydrogen-bond acceptors (Lipinski definition) is 5. The Morgan fingerprint density at radius 2 is 2.04 bits per heavy atom. The summed E-state index contributed by atoms with van der Waals surface area (Å²) in [5.74, 6) is -0.524. The minimum absolute atomic E-state index is 0.134. The molecule has 130 valence electrons. The van der Waals surface area contributed by atoms with Gasteiger partial charge in [0.05, 0.1) is 17.8 Å². The van der Waals surface area contributed by atoms with Crippen LogP contribution in [0.15, 0.2) is 35.7 Å². The van der Waals surface area contributed by atoms with Crippen LogP contribution in [0.25, 0.3) is 0 Å². The average Bonchev–Trinajstić information content (AvgIpc) is 3.13. The summed E-state index contributed by atoms with van der Waals surface area (Å²) in [6.07, 6.45) is -0.134. The topological polar surface area (TPSA) is 91.4 Å². The quantitative estimate of drug-likeness (QED) is 0.804. The van der Waals surface area contributed by atoms with Crippen molar-refractivity contribution in [1.29, 1.82) is 0 Å². The van der Waals surface area contributed by atoms with Crippen molar-refractivity contribution < 1.29 is 14.4 Å². The zero-order chi connectivity index (χ0) is 18.0. The van der Waals surface area contributed by atoms with Crippen molar-refractivity contribution >= 4 is 40.0 Å². The molecule has 0 radical (unpaired) electrons. The van der Waals surface area contributed by atoms with Gasteiger partial charge in [0, 0.05) is 5.38 Å². The third-order valence-electron chi connectivity index (χ3n) is 3.78. The minimum Gasteiger partial charge on any atom is -0.325 e. The van der Waals surface area contributed by atoms with E-state index in [4.69, 9.17) is 0 Å². The Labute approximate surface area is 149 Å². The summed E-state index contributed by atoms with van der Waals surface area (Å²) in [6, 6.07) is 7.22. The number of imide groups is 1. The SMILES string of the molecule is CC(C)c1csc(NC(=O)CC2NC(=O)N(c3ccccc3)C2=O)n1. The lowest BCUT2D eigenvalue weighted by molar-refractivity contribution is -0.122. The van der Waals surface area contributed by atoms with E-state index in [1.165, 1.54) is 11.3 Å². The van der Waals surface area contributed by atoms with Crippen LogP contribution in [-0.2, 0) is 9.59 Å². The van der Waals surface area contributed by atoms with E-state index in [-0.39, 0.29) is 18.2 Å². The molecule has 0 saturated carbocycles. The van der Waals surface area contributed by atoms with Gasteiger partial charge in [0.25, 0.3) is 5.91 Å². The first-order valence-corrected chi connectivity index (χ1v) is 8.78. The van der Waals surface area contributed by atoms with Crippen molar-refractivity contribution in [3.8, 4) is 0 Å². The Bertz CT molecular complexity index is 803. The second kappa shape index (κ2) is 7.02. The van der Waals surface area contributed by atoms with Crippen LogP contribution in [0.1, 0.15) is 31.9 Å². The molecular weight excluding hydrogens is 340 g/mol. The maximum absolute atomic E-state index is 12.4. The molecule has 7 nitrogen and oxygen atoms in total. The molecule has 1 aliphatic rings. The van der Waals surface area contributed by atoms with Crippen LogP contribution >= 0.6 is 11.3 Å². The fourth-order valence-corrected chi connectivity index (χ4v) is 3.34. The molecule has 2 aromatic rings. The molecule has 1 saturated heterocycles. The first-order chi connectivity index (χ1) is 12.0. The molecule has 0 bridgehead atoms. The zero-order valence-electron chi connectivity index (χ0n) is 13.9. The van der Waals surface area contributed by atoms with Crippen LogP contribution in [0.2, 0.25) is 0 Å². The first-order valence-electron chi connectivity index (χ1n) is 7.90. The number of aromatic nitrogens is 1. The Balaban J connectivity index is 1.64. The summed E-state index contributed by atoms with van der Waals surface area (Å²) in [6.45, 7) is 4.04.